The molecule has 4 rings (SSSR count). The predicted octanol–water partition coefficient (Wildman–Crippen LogP) is 2.99. The van der Waals surface area contributed by atoms with E-state index in [1.165, 1.54) is 6.92 Å². The van der Waals surface area contributed by atoms with E-state index in [2.05, 4.69) is 37.2 Å². The number of anilines is 1. The molecule has 1 N–H and O–H groups in total. The van der Waals surface area contributed by atoms with E-state index in [-0.39, 0.29) is 50.9 Å². The molecule has 0 radical (unpaired) electrons. The second-order valence-electron chi connectivity index (χ2n) is 7.85. The highest BCUT2D eigenvalue weighted by molar-refractivity contribution is 9.12. The van der Waals surface area contributed by atoms with Gasteiger partial charge in [0.05, 0.1) is 11.8 Å². The van der Waals surface area contributed by atoms with Crippen LogP contribution >= 0.6 is 31.9 Å². The fourth-order valence-electron chi connectivity index (χ4n) is 4.91. The lowest BCUT2D eigenvalue weighted by atomic mass is 9.81. The highest BCUT2D eigenvalue weighted by Gasteiger charge is 2.67. The van der Waals surface area contributed by atoms with E-state index in [1.54, 1.807) is 31.2 Å². The third-order valence-corrected chi connectivity index (χ3v) is 9.55. The molecular weight excluding hydrogens is 492 g/mol. The number of imide groups is 1. The third-order valence-electron chi connectivity index (χ3n) is 6.35. The lowest BCUT2D eigenvalue weighted by Gasteiger charge is -2.28. The minimum Gasteiger partial charge on any atom is -0.324 e. The lowest BCUT2D eigenvalue weighted by molar-refractivity contribution is -0.146. The van der Waals surface area contributed by atoms with Crippen LogP contribution in [0.3, 0.4) is 0 Å². The molecular formula is C20H20Br2N2O4. The number of ketones is 1. The van der Waals surface area contributed by atoms with Crippen molar-refractivity contribution in [3.63, 3.8) is 0 Å². The first-order valence-corrected chi connectivity index (χ1v) is 11.1. The van der Waals surface area contributed by atoms with Crippen molar-refractivity contribution in [2.45, 2.75) is 36.0 Å². The molecule has 1 aromatic rings. The first kappa shape index (κ1) is 19.8. The van der Waals surface area contributed by atoms with E-state index in [9.17, 15) is 19.2 Å². The number of carbonyl (C=O) groups is 4. The molecule has 3 fully saturated rings. The summed E-state index contributed by atoms with van der Waals surface area (Å²) < 4.78 is 0. The number of hydrogen-bond donors (Lipinski definition) is 1. The summed E-state index contributed by atoms with van der Waals surface area (Å²) in [5, 5.41) is 2.73. The first-order chi connectivity index (χ1) is 13.2. The number of likely N-dealkylation sites (tertiary alicyclic amines) is 1. The summed E-state index contributed by atoms with van der Waals surface area (Å²) >= 11 is 7.32. The topological polar surface area (TPSA) is 83.6 Å². The van der Waals surface area contributed by atoms with Crippen LogP contribution in [0.15, 0.2) is 24.3 Å². The number of nitrogens with one attached hydrogen (secondary N) is 1. The summed E-state index contributed by atoms with van der Waals surface area (Å²) in [4.78, 5) is 51.6. The van der Waals surface area contributed by atoms with Crippen molar-refractivity contribution in [1.82, 2.24) is 4.90 Å². The second kappa shape index (κ2) is 7.06. The Morgan fingerprint density at radius 2 is 1.54 bits per heavy atom. The minimum atomic E-state index is -0.889. The van der Waals surface area contributed by atoms with Crippen LogP contribution in [0.2, 0.25) is 0 Å². The van der Waals surface area contributed by atoms with Gasteiger partial charge < -0.3 is 5.32 Å². The number of alkyl halides is 2. The summed E-state index contributed by atoms with van der Waals surface area (Å²) in [6.07, 6.45) is 0.857. The van der Waals surface area contributed by atoms with E-state index in [1.807, 2.05) is 0 Å². The Balaban J connectivity index is 1.50. The van der Waals surface area contributed by atoms with Gasteiger partial charge in [0, 0.05) is 20.9 Å². The zero-order valence-electron chi connectivity index (χ0n) is 15.4. The molecule has 1 saturated heterocycles. The van der Waals surface area contributed by atoms with Gasteiger partial charge in [-0.2, -0.15) is 0 Å². The summed E-state index contributed by atoms with van der Waals surface area (Å²) in [7, 11) is 0. The predicted molar refractivity (Wildman–Crippen MR) is 110 cm³/mol. The van der Waals surface area contributed by atoms with Crippen LogP contribution in [0.25, 0.3) is 0 Å². The van der Waals surface area contributed by atoms with Crippen molar-refractivity contribution >= 4 is 61.1 Å². The highest BCUT2D eigenvalue weighted by atomic mass is 79.9. The number of rotatable bonds is 4. The molecule has 2 aliphatic carbocycles. The fourth-order valence-corrected chi connectivity index (χ4v) is 6.78. The second-order valence-corrected chi connectivity index (χ2v) is 9.96. The summed E-state index contributed by atoms with van der Waals surface area (Å²) in [5.41, 5.74) is 1.06. The van der Waals surface area contributed by atoms with Gasteiger partial charge in [-0.25, -0.2) is 0 Å². The number of Topliss-reactive ketones (excluding diaryl/α,β-unsaturated/α-hetero) is 1. The zero-order valence-corrected chi connectivity index (χ0v) is 18.6. The van der Waals surface area contributed by atoms with Crippen molar-refractivity contribution in [3.8, 4) is 0 Å². The van der Waals surface area contributed by atoms with Crippen LogP contribution in [0.4, 0.5) is 5.69 Å². The standard InChI is InChI=1S/C20H20Br2N2O4/c1-8(18(26)23-11-5-3-10(4-6-11)9(2)25)24-19(27)14-12-7-13(15(14)20(24)28)17(22)16(12)21/h3-6,8,12-17H,7H2,1-2H3,(H,23,26). The molecule has 6 nitrogen and oxygen atoms in total. The normalized spacial score (nSPS) is 34.5. The van der Waals surface area contributed by atoms with E-state index in [4.69, 9.17) is 0 Å². The molecule has 1 aliphatic heterocycles. The van der Waals surface area contributed by atoms with Crippen LogP contribution in [-0.4, -0.2) is 44.1 Å². The van der Waals surface area contributed by atoms with E-state index >= 15 is 0 Å². The molecule has 3 aliphatic rings. The Morgan fingerprint density at radius 1 is 1.04 bits per heavy atom. The van der Waals surface area contributed by atoms with Crippen molar-refractivity contribution in [3.05, 3.63) is 29.8 Å². The molecule has 148 valence electrons. The van der Waals surface area contributed by atoms with E-state index in [0.717, 1.165) is 11.3 Å². The molecule has 1 heterocycles. The Hall–Kier alpha value is -1.54. The van der Waals surface area contributed by atoms with Gasteiger partial charge in [-0.1, -0.05) is 31.9 Å². The number of fused-ring (bicyclic) bond motifs is 5. The van der Waals surface area contributed by atoms with Crippen LogP contribution < -0.4 is 5.32 Å². The maximum absolute atomic E-state index is 13.0. The van der Waals surface area contributed by atoms with Gasteiger partial charge in [0.15, 0.2) is 5.78 Å². The average Bonchev–Trinajstić information content (AvgIpc) is 3.26. The van der Waals surface area contributed by atoms with Gasteiger partial charge in [0.2, 0.25) is 17.7 Å². The molecule has 1 aromatic carbocycles. The quantitative estimate of drug-likeness (QED) is 0.382. The molecule has 0 spiro atoms. The summed E-state index contributed by atoms with van der Waals surface area (Å²) in [6, 6.07) is 5.63. The number of nitrogens with zero attached hydrogens (tertiary/aromatic N) is 1. The number of carbonyl (C=O) groups excluding carboxylic acids is 4. The summed E-state index contributed by atoms with van der Waals surface area (Å²) in [6.45, 7) is 3.05. The van der Waals surface area contributed by atoms with Crippen molar-refractivity contribution < 1.29 is 19.2 Å². The Bertz CT molecular complexity index is 839. The van der Waals surface area contributed by atoms with E-state index < -0.39 is 11.9 Å². The lowest BCUT2D eigenvalue weighted by Crippen LogP contribution is -2.46. The largest absolute Gasteiger partial charge is 0.324 e. The number of hydrogen-bond acceptors (Lipinski definition) is 4. The molecule has 2 bridgehead atoms. The van der Waals surface area contributed by atoms with Gasteiger partial charge >= 0.3 is 0 Å². The third kappa shape index (κ3) is 2.87. The molecule has 8 heteroatoms. The maximum Gasteiger partial charge on any atom is 0.247 e. The molecule has 0 aromatic heterocycles. The molecule has 7 atom stereocenters. The minimum absolute atomic E-state index is 0.0594. The number of benzene rings is 1. The highest BCUT2D eigenvalue weighted by Crippen LogP contribution is 2.60. The molecule has 28 heavy (non-hydrogen) atoms. The zero-order chi connectivity index (χ0) is 20.3. The van der Waals surface area contributed by atoms with Crippen LogP contribution in [0.5, 0.6) is 0 Å². The van der Waals surface area contributed by atoms with Gasteiger partial charge in [-0.05, 0) is 56.4 Å². The van der Waals surface area contributed by atoms with Crippen molar-refractivity contribution in [1.29, 1.82) is 0 Å². The van der Waals surface area contributed by atoms with Crippen molar-refractivity contribution in [2.75, 3.05) is 5.32 Å². The van der Waals surface area contributed by atoms with E-state index in [0.29, 0.717) is 11.3 Å². The van der Waals surface area contributed by atoms with Crippen LogP contribution in [-0.2, 0) is 14.4 Å². The van der Waals surface area contributed by atoms with Crippen molar-refractivity contribution in [2.24, 2.45) is 23.7 Å². The molecule has 3 amide bonds. The Kier molecular flexibility index (Phi) is 4.98. The first-order valence-electron chi connectivity index (χ1n) is 9.29. The average molecular weight is 512 g/mol. The SMILES string of the molecule is CC(=O)c1ccc(NC(=O)C(C)N2C(=O)C3C4CC(C(Br)C4Br)C3C2=O)cc1. The molecule has 2 saturated carbocycles. The van der Waals surface area contributed by atoms with Gasteiger partial charge in [-0.3, -0.25) is 24.1 Å². The summed E-state index contributed by atoms with van der Waals surface area (Å²) in [5.74, 6) is -1.37. The van der Waals surface area contributed by atoms with Gasteiger partial charge in [-0.15, -0.1) is 0 Å². The monoisotopic (exact) mass is 510 g/mol. The van der Waals surface area contributed by atoms with Gasteiger partial charge in [0.1, 0.15) is 6.04 Å². The van der Waals surface area contributed by atoms with Crippen LogP contribution in [0.1, 0.15) is 30.6 Å². The Morgan fingerprint density at radius 3 is 2.00 bits per heavy atom. The maximum atomic E-state index is 13.0. The number of amides is 3. The molecule has 7 unspecified atom stereocenters. The Labute approximate surface area is 179 Å². The van der Waals surface area contributed by atoms with Crippen LogP contribution in [0, 0.1) is 23.7 Å². The fraction of sp³-hybridized carbons (Fsp3) is 0.500. The number of halogens is 2. The smallest absolute Gasteiger partial charge is 0.247 e. The van der Waals surface area contributed by atoms with Gasteiger partial charge in [0.25, 0.3) is 0 Å².